The third kappa shape index (κ3) is 3.36. The zero-order valence-corrected chi connectivity index (χ0v) is 12.6. The van der Waals surface area contributed by atoms with Gasteiger partial charge in [-0.2, -0.15) is 0 Å². The van der Waals surface area contributed by atoms with Gasteiger partial charge in [0.25, 0.3) is 0 Å². The molecule has 0 atom stereocenters. The van der Waals surface area contributed by atoms with E-state index in [0.29, 0.717) is 19.4 Å². The largest absolute Gasteiger partial charge is 0.399 e. The maximum absolute atomic E-state index is 12.3. The molecule has 0 aliphatic rings. The Morgan fingerprint density at radius 1 is 1.40 bits per heavy atom. The van der Waals surface area contributed by atoms with E-state index in [0.717, 1.165) is 22.1 Å². The number of para-hydroxylation sites is 1. The zero-order chi connectivity index (χ0) is 14.5. The van der Waals surface area contributed by atoms with E-state index in [1.165, 1.54) is 11.3 Å². The van der Waals surface area contributed by atoms with Crippen LogP contribution in [0.2, 0.25) is 0 Å². The first-order valence-electron chi connectivity index (χ1n) is 6.67. The molecule has 2 rings (SSSR count). The molecular formula is C15H19N3OS. The zero-order valence-electron chi connectivity index (χ0n) is 11.8. The molecule has 1 heterocycles. The molecule has 0 spiro atoms. The summed E-state index contributed by atoms with van der Waals surface area (Å²) >= 11 is 1.50. The number of aryl methyl sites for hydroxylation is 2. The number of nitrogens with zero attached hydrogens (tertiary/aromatic N) is 2. The van der Waals surface area contributed by atoms with Gasteiger partial charge in [-0.05, 0) is 31.9 Å². The Balaban J connectivity index is 2.02. The number of rotatable bonds is 5. The molecule has 20 heavy (non-hydrogen) atoms. The lowest BCUT2D eigenvalue weighted by Gasteiger charge is -2.17. The summed E-state index contributed by atoms with van der Waals surface area (Å²) in [5, 5.41) is 2.73. The second kappa shape index (κ2) is 6.52. The maximum atomic E-state index is 12.3. The van der Waals surface area contributed by atoms with Crippen LogP contribution >= 0.6 is 11.3 Å². The fourth-order valence-electron chi connectivity index (χ4n) is 2.02. The van der Waals surface area contributed by atoms with Crippen molar-refractivity contribution in [1.82, 2.24) is 4.98 Å². The average Bonchev–Trinajstić information content (AvgIpc) is 2.85. The van der Waals surface area contributed by atoms with E-state index in [1.807, 2.05) is 43.5 Å². The lowest BCUT2D eigenvalue weighted by Crippen LogP contribution is -2.30. The summed E-state index contributed by atoms with van der Waals surface area (Å²) in [5.41, 5.74) is 8.61. The van der Waals surface area contributed by atoms with Gasteiger partial charge in [-0.1, -0.05) is 18.2 Å². The van der Waals surface area contributed by atoms with Crippen LogP contribution in [0.4, 0.5) is 10.8 Å². The van der Waals surface area contributed by atoms with Crippen molar-refractivity contribution in [2.45, 2.75) is 26.7 Å². The maximum Gasteiger partial charge on any atom is 0.229 e. The lowest BCUT2D eigenvalue weighted by atomic mass is 10.1. The highest BCUT2D eigenvalue weighted by atomic mass is 32.1. The molecule has 0 saturated heterocycles. The van der Waals surface area contributed by atoms with Crippen LogP contribution in [0.15, 0.2) is 29.6 Å². The second-order valence-corrected chi connectivity index (χ2v) is 5.44. The molecule has 2 aromatic rings. The topological polar surface area (TPSA) is 59.2 Å². The molecule has 0 aliphatic carbocycles. The number of nitrogen functional groups attached to an aromatic ring is 1. The van der Waals surface area contributed by atoms with Gasteiger partial charge in [-0.15, -0.1) is 11.3 Å². The minimum Gasteiger partial charge on any atom is -0.399 e. The van der Waals surface area contributed by atoms with Crippen LogP contribution in [0.1, 0.15) is 24.6 Å². The molecule has 0 fully saturated rings. The fourth-order valence-corrected chi connectivity index (χ4v) is 2.91. The van der Waals surface area contributed by atoms with Crippen LogP contribution in [0, 0.1) is 6.92 Å². The number of anilines is 2. The minimum atomic E-state index is 0.0881. The van der Waals surface area contributed by atoms with Gasteiger partial charge in [-0.3, -0.25) is 9.69 Å². The van der Waals surface area contributed by atoms with Crippen LogP contribution in [-0.2, 0) is 11.2 Å². The third-order valence-corrected chi connectivity index (χ3v) is 4.10. The quantitative estimate of drug-likeness (QED) is 0.861. The summed E-state index contributed by atoms with van der Waals surface area (Å²) in [6.45, 7) is 4.53. The number of thiazole rings is 1. The summed E-state index contributed by atoms with van der Waals surface area (Å²) in [7, 11) is 0. The van der Waals surface area contributed by atoms with Gasteiger partial charge in [0.15, 0.2) is 5.13 Å². The Morgan fingerprint density at radius 3 is 2.75 bits per heavy atom. The van der Waals surface area contributed by atoms with Gasteiger partial charge in [0.2, 0.25) is 5.91 Å². The first-order valence-corrected chi connectivity index (χ1v) is 7.55. The van der Waals surface area contributed by atoms with Crippen LogP contribution in [0.25, 0.3) is 0 Å². The molecular weight excluding hydrogens is 270 g/mol. The van der Waals surface area contributed by atoms with Crippen LogP contribution in [-0.4, -0.2) is 17.4 Å². The van der Waals surface area contributed by atoms with Gasteiger partial charge >= 0.3 is 0 Å². The number of carbonyl (C=O) groups excluding carboxylic acids is 1. The van der Waals surface area contributed by atoms with Crippen LogP contribution in [0.5, 0.6) is 0 Å². The van der Waals surface area contributed by atoms with E-state index in [9.17, 15) is 4.79 Å². The first kappa shape index (κ1) is 14.5. The van der Waals surface area contributed by atoms with Crippen molar-refractivity contribution in [3.8, 4) is 0 Å². The monoisotopic (exact) mass is 289 g/mol. The smallest absolute Gasteiger partial charge is 0.229 e. The first-order chi connectivity index (χ1) is 9.61. The summed E-state index contributed by atoms with van der Waals surface area (Å²) in [6, 6.07) is 7.67. The molecule has 5 heteroatoms. The summed E-state index contributed by atoms with van der Waals surface area (Å²) in [6.07, 6.45) is 1.10. The Hall–Kier alpha value is -1.88. The van der Waals surface area contributed by atoms with Gasteiger partial charge in [-0.25, -0.2) is 4.98 Å². The average molecular weight is 289 g/mol. The molecule has 1 amide bonds. The van der Waals surface area contributed by atoms with E-state index in [-0.39, 0.29) is 5.91 Å². The predicted molar refractivity (Wildman–Crippen MR) is 84.1 cm³/mol. The van der Waals surface area contributed by atoms with E-state index in [4.69, 9.17) is 5.73 Å². The number of hydrogen-bond acceptors (Lipinski definition) is 4. The van der Waals surface area contributed by atoms with E-state index in [2.05, 4.69) is 4.98 Å². The van der Waals surface area contributed by atoms with Crippen molar-refractivity contribution in [2.24, 2.45) is 0 Å². The normalized spacial score (nSPS) is 10.5. The van der Waals surface area contributed by atoms with Gasteiger partial charge in [0.1, 0.15) is 0 Å². The van der Waals surface area contributed by atoms with E-state index < -0.39 is 0 Å². The number of carbonyl (C=O) groups is 1. The second-order valence-electron chi connectivity index (χ2n) is 4.61. The molecule has 0 radical (unpaired) electrons. The van der Waals surface area contributed by atoms with E-state index >= 15 is 0 Å². The Labute approximate surface area is 123 Å². The third-order valence-electron chi connectivity index (χ3n) is 3.12. The minimum absolute atomic E-state index is 0.0881. The van der Waals surface area contributed by atoms with Crippen LogP contribution < -0.4 is 10.6 Å². The van der Waals surface area contributed by atoms with Gasteiger partial charge in [0, 0.05) is 24.0 Å². The Bertz CT molecular complexity index is 594. The number of amides is 1. The van der Waals surface area contributed by atoms with Crippen molar-refractivity contribution < 1.29 is 4.79 Å². The highest BCUT2D eigenvalue weighted by molar-refractivity contribution is 7.14. The van der Waals surface area contributed by atoms with Crippen molar-refractivity contribution in [3.05, 3.63) is 40.9 Å². The molecule has 1 aromatic carbocycles. The molecule has 0 unspecified atom stereocenters. The number of benzene rings is 1. The van der Waals surface area contributed by atoms with Gasteiger partial charge < -0.3 is 5.73 Å². The van der Waals surface area contributed by atoms with Crippen molar-refractivity contribution >= 4 is 28.1 Å². The molecule has 1 aromatic heterocycles. The van der Waals surface area contributed by atoms with Crippen molar-refractivity contribution in [3.63, 3.8) is 0 Å². The number of nitrogens with two attached hydrogens (primary N) is 1. The molecule has 0 aliphatic heterocycles. The Kier molecular flexibility index (Phi) is 4.74. The fraction of sp³-hybridized carbons (Fsp3) is 0.333. The molecule has 106 valence electrons. The van der Waals surface area contributed by atoms with Gasteiger partial charge in [0.05, 0.1) is 5.69 Å². The van der Waals surface area contributed by atoms with Crippen LogP contribution in [0.3, 0.4) is 0 Å². The standard InChI is InChI=1S/C15H19N3OS/c1-3-18(15-17-11(2)10-20-15)14(19)9-8-12-6-4-5-7-13(12)16/h4-7,10H,3,8-9,16H2,1-2H3. The summed E-state index contributed by atoms with van der Waals surface area (Å²) in [4.78, 5) is 18.4. The Morgan fingerprint density at radius 2 is 2.15 bits per heavy atom. The molecule has 4 nitrogen and oxygen atoms in total. The summed E-state index contributed by atoms with van der Waals surface area (Å²) < 4.78 is 0. The molecule has 0 bridgehead atoms. The molecule has 0 saturated carbocycles. The lowest BCUT2D eigenvalue weighted by molar-refractivity contribution is -0.118. The highest BCUT2D eigenvalue weighted by Gasteiger charge is 2.16. The molecule has 2 N–H and O–H groups in total. The summed E-state index contributed by atoms with van der Waals surface area (Å²) in [5.74, 6) is 0.0881. The predicted octanol–water partition coefficient (Wildman–Crippen LogP) is 3.02. The van der Waals surface area contributed by atoms with Crippen molar-refractivity contribution in [2.75, 3.05) is 17.2 Å². The number of hydrogen-bond donors (Lipinski definition) is 1. The number of aromatic nitrogens is 1. The SMILES string of the molecule is CCN(C(=O)CCc1ccccc1N)c1nc(C)cs1. The van der Waals surface area contributed by atoms with Crippen molar-refractivity contribution in [1.29, 1.82) is 0 Å². The van der Waals surface area contributed by atoms with E-state index in [1.54, 1.807) is 4.90 Å². The highest BCUT2D eigenvalue weighted by Crippen LogP contribution is 2.21.